The number of methoxy groups -OCH3 is 2. The van der Waals surface area contributed by atoms with Crippen LogP contribution in [0.5, 0.6) is 17.2 Å². The number of carbonyl (C=O) groups excluding carboxylic acids is 1. The highest BCUT2D eigenvalue weighted by Gasteiger charge is 2.76. The summed E-state index contributed by atoms with van der Waals surface area (Å²) in [4.78, 5) is 21.4. The number of carbonyl (C=O) groups is 1. The number of fused-ring (bicyclic) bond motifs is 4. The number of ether oxygens (including phenoxy) is 6. The molecule has 2 aromatic rings. The maximum atomic E-state index is 13.8. The molecule has 5 aliphatic heterocycles. The Kier molecular flexibility index (Phi) is 5.37. The van der Waals surface area contributed by atoms with Crippen LogP contribution in [0, 0.1) is 5.92 Å². The third-order valence-corrected chi connectivity index (χ3v) is 8.58. The number of hydrogen-bond donors (Lipinski definition) is 1. The van der Waals surface area contributed by atoms with E-state index in [0.717, 1.165) is 28.3 Å². The van der Waals surface area contributed by atoms with Gasteiger partial charge in [-0.1, -0.05) is 12.1 Å². The van der Waals surface area contributed by atoms with Gasteiger partial charge in [0.2, 0.25) is 6.79 Å². The minimum atomic E-state index is -1.07. The van der Waals surface area contributed by atoms with Gasteiger partial charge in [0.25, 0.3) is 0 Å². The van der Waals surface area contributed by atoms with Gasteiger partial charge in [-0.3, -0.25) is 14.7 Å². The average Bonchev–Trinajstić information content (AvgIpc) is 3.63. The molecule has 0 unspecified atom stereocenters. The van der Waals surface area contributed by atoms with E-state index in [2.05, 4.69) is 17.1 Å². The Balaban J connectivity index is 1.41. The van der Waals surface area contributed by atoms with Crippen LogP contribution in [-0.4, -0.2) is 81.4 Å². The Bertz CT molecular complexity index is 1310. The molecule has 0 aromatic heterocycles. The van der Waals surface area contributed by atoms with E-state index >= 15 is 0 Å². The molecule has 5 atom stereocenters. The van der Waals surface area contributed by atoms with Crippen molar-refractivity contribution < 1.29 is 33.2 Å². The standard InChI is InChI=1S/C28H31N3O7/c1-16-27-24(19-13-21-22(37-15-36-21)14-20(19)29-16)25(26(32)34-3)28(38-27,31-8-10-35-11-9-31)23(30-27)12-17-4-6-18(33-2)7-5-17/h4-7,13-14,16,24-25,29H,8-12,15H2,1-3H3/t16-,24+,25-,27+,28-/m0/s1. The van der Waals surface area contributed by atoms with E-state index in [1.807, 2.05) is 36.4 Å². The molecule has 2 bridgehead atoms. The largest absolute Gasteiger partial charge is 0.497 e. The van der Waals surface area contributed by atoms with Gasteiger partial charge in [0.05, 0.1) is 45.1 Å². The first-order valence-electron chi connectivity index (χ1n) is 13.0. The number of aliphatic imine (C=N–C) groups is 1. The normalized spacial score (nSPS) is 32.7. The molecule has 200 valence electrons. The fourth-order valence-electron chi connectivity index (χ4n) is 6.86. The highest BCUT2D eigenvalue weighted by atomic mass is 16.7. The van der Waals surface area contributed by atoms with Gasteiger partial charge in [0.15, 0.2) is 22.9 Å². The molecular weight excluding hydrogens is 490 g/mol. The predicted molar refractivity (Wildman–Crippen MR) is 137 cm³/mol. The molecule has 5 aliphatic rings. The van der Waals surface area contributed by atoms with Crippen LogP contribution in [0.3, 0.4) is 0 Å². The SMILES string of the molecule is COC(=O)[C@@H]1[C@H]2c3cc4c(cc3N[C@@H](C)[C@]23N=C(Cc2ccc(OC)cc2)[C@]1(N1CCOCC1)O3)OCO4. The fraction of sp³-hybridized carbons (Fsp3) is 0.500. The van der Waals surface area contributed by atoms with Crippen LogP contribution >= 0.6 is 0 Å². The fourth-order valence-corrected chi connectivity index (χ4v) is 6.86. The lowest BCUT2D eigenvalue weighted by Crippen LogP contribution is -2.63. The molecule has 38 heavy (non-hydrogen) atoms. The van der Waals surface area contributed by atoms with Gasteiger partial charge >= 0.3 is 5.97 Å². The average molecular weight is 522 g/mol. The quantitative estimate of drug-likeness (QED) is 0.595. The van der Waals surface area contributed by atoms with Gasteiger partial charge in [-0.15, -0.1) is 0 Å². The van der Waals surface area contributed by atoms with Crippen molar-refractivity contribution >= 4 is 17.4 Å². The van der Waals surface area contributed by atoms with E-state index in [0.29, 0.717) is 44.2 Å². The number of hydrogen-bond acceptors (Lipinski definition) is 10. The molecule has 10 nitrogen and oxygen atoms in total. The predicted octanol–water partition coefficient (Wildman–Crippen LogP) is 2.56. The van der Waals surface area contributed by atoms with E-state index in [1.54, 1.807) is 7.11 Å². The minimum absolute atomic E-state index is 0.169. The summed E-state index contributed by atoms with van der Waals surface area (Å²) in [5.41, 5.74) is 1.63. The smallest absolute Gasteiger partial charge is 0.314 e. The first kappa shape index (κ1) is 23.8. The van der Waals surface area contributed by atoms with Crippen LogP contribution in [0.2, 0.25) is 0 Å². The zero-order valence-electron chi connectivity index (χ0n) is 21.7. The molecule has 2 fully saturated rings. The molecule has 0 saturated carbocycles. The Morgan fingerprint density at radius 3 is 2.58 bits per heavy atom. The van der Waals surface area contributed by atoms with Crippen molar-refractivity contribution in [1.29, 1.82) is 0 Å². The van der Waals surface area contributed by atoms with Crippen LogP contribution in [0.15, 0.2) is 41.4 Å². The Labute approximate surface area is 220 Å². The molecule has 7 rings (SSSR count). The summed E-state index contributed by atoms with van der Waals surface area (Å²) in [6.07, 6.45) is 0.532. The molecule has 0 amide bonds. The van der Waals surface area contributed by atoms with Crippen molar-refractivity contribution in [2.45, 2.75) is 36.8 Å². The number of esters is 1. The first-order chi connectivity index (χ1) is 18.5. The second-order valence-corrected chi connectivity index (χ2v) is 10.4. The lowest BCUT2D eigenvalue weighted by atomic mass is 9.68. The van der Waals surface area contributed by atoms with Crippen LogP contribution in [0.4, 0.5) is 5.69 Å². The van der Waals surface area contributed by atoms with Crippen LogP contribution < -0.4 is 19.5 Å². The van der Waals surface area contributed by atoms with Gasteiger partial charge < -0.3 is 33.7 Å². The van der Waals surface area contributed by atoms with Crippen LogP contribution in [0.1, 0.15) is 24.0 Å². The van der Waals surface area contributed by atoms with E-state index in [1.165, 1.54) is 7.11 Å². The Morgan fingerprint density at radius 2 is 1.87 bits per heavy atom. The summed E-state index contributed by atoms with van der Waals surface area (Å²) in [6, 6.07) is 11.6. The van der Waals surface area contributed by atoms with Crippen molar-refractivity contribution in [2.75, 3.05) is 52.6 Å². The zero-order valence-corrected chi connectivity index (χ0v) is 21.7. The summed E-state index contributed by atoms with van der Waals surface area (Å²) < 4.78 is 35.1. The number of benzene rings is 2. The number of rotatable bonds is 5. The highest BCUT2D eigenvalue weighted by molar-refractivity contribution is 6.02. The molecular formula is C28H31N3O7. The molecule has 5 heterocycles. The number of anilines is 1. The van der Waals surface area contributed by atoms with Gasteiger partial charge in [-0.05, 0) is 36.2 Å². The molecule has 0 aliphatic carbocycles. The summed E-state index contributed by atoms with van der Waals surface area (Å²) in [7, 11) is 3.09. The highest BCUT2D eigenvalue weighted by Crippen LogP contribution is 2.64. The second kappa shape index (κ2) is 8.59. The topological polar surface area (TPSA) is 100 Å². The molecule has 2 aromatic carbocycles. The third kappa shape index (κ3) is 3.17. The maximum absolute atomic E-state index is 13.8. The molecule has 2 saturated heterocycles. The van der Waals surface area contributed by atoms with E-state index < -0.39 is 17.4 Å². The van der Waals surface area contributed by atoms with Gasteiger partial charge in [0, 0.05) is 31.3 Å². The summed E-state index contributed by atoms with van der Waals surface area (Å²) >= 11 is 0. The first-order valence-corrected chi connectivity index (χ1v) is 13.0. The Morgan fingerprint density at radius 1 is 1.13 bits per heavy atom. The van der Waals surface area contributed by atoms with E-state index in [4.69, 9.17) is 33.4 Å². The monoisotopic (exact) mass is 521 g/mol. The zero-order chi connectivity index (χ0) is 26.1. The van der Waals surface area contributed by atoms with Crippen LogP contribution in [0.25, 0.3) is 0 Å². The number of nitrogens with zero attached hydrogens (tertiary/aromatic N) is 2. The molecule has 1 spiro atoms. The van der Waals surface area contributed by atoms with Gasteiger partial charge in [0.1, 0.15) is 11.7 Å². The van der Waals surface area contributed by atoms with Crippen molar-refractivity contribution in [3.63, 3.8) is 0 Å². The minimum Gasteiger partial charge on any atom is -0.497 e. The van der Waals surface area contributed by atoms with Gasteiger partial charge in [-0.25, -0.2) is 0 Å². The van der Waals surface area contributed by atoms with E-state index in [-0.39, 0.29) is 24.7 Å². The molecule has 1 N–H and O–H groups in total. The Hall–Kier alpha value is -3.34. The third-order valence-electron chi connectivity index (χ3n) is 8.58. The summed E-state index contributed by atoms with van der Waals surface area (Å²) in [5.74, 6) is 0.796. The van der Waals surface area contributed by atoms with E-state index in [9.17, 15) is 4.79 Å². The van der Waals surface area contributed by atoms with Crippen LogP contribution in [-0.2, 0) is 25.4 Å². The number of morpholine rings is 1. The van der Waals surface area contributed by atoms with Crippen molar-refractivity contribution in [1.82, 2.24) is 4.90 Å². The van der Waals surface area contributed by atoms with Crippen molar-refractivity contribution in [3.8, 4) is 17.2 Å². The molecule has 0 radical (unpaired) electrons. The van der Waals surface area contributed by atoms with Gasteiger partial charge in [-0.2, -0.15) is 0 Å². The summed E-state index contributed by atoms with van der Waals surface area (Å²) in [6.45, 7) is 4.57. The van der Waals surface area contributed by atoms with Crippen molar-refractivity contribution in [3.05, 3.63) is 47.5 Å². The maximum Gasteiger partial charge on any atom is 0.314 e. The second-order valence-electron chi connectivity index (χ2n) is 10.4. The van der Waals surface area contributed by atoms with Crippen molar-refractivity contribution in [2.24, 2.45) is 10.9 Å². The lowest BCUT2D eigenvalue weighted by Gasteiger charge is -2.46. The lowest BCUT2D eigenvalue weighted by molar-refractivity contribution is -0.174. The summed E-state index contributed by atoms with van der Waals surface area (Å²) in [5, 5.41) is 3.60. The number of nitrogens with one attached hydrogen (secondary N) is 1. The molecule has 10 heteroatoms.